The number of nitrogens with zero attached hydrogens (tertiary/aromatic N) is 1. The van der Waals surface area contributed by atoms with Gasteiger partial charge in [-0.15, -0.1) is 0 Å². The van der Waals surface area contributed by atoms with E-state index >= 15 is 0 Å². The van der Waals surface area contributed by atoms with Gasteiger partial charge in [0.05, 0.1) is 0 Å². The fourth-order valence-electron chi connectivity index (χ4n) is 3.13. The van der Waals surface area contributed by atoms with Crippen LogP contribution in [0.3, 0.4) is 0 Å². The minimum absolute atomic E-state index is 0.0276. The van der Waals surface area contributed by atoms with E-state index in [-0.39, 0.29) is 7.61 Å². The van der Waals surface area contributed by atoms with Crippen molar-refractivity contribution in [1.82, 2.24) is 0 Å². The molecule has 0 aromatic carbocycles. The molecule has 0 aromatic rings. The summed E-state index contributed by atoms with van der Waals surface area (Å²) in [7, 11) is 0.0276. The van der Waals surface area contributed by atoms with Crippen LogP contribution in [0, 0.1) is 0 Å². The molecule has 0 aliphatic rings. The molecular weight excluding hydrogens is 256 g/mol. The smallest absolute Gasteiger partial charge is 0.0375 e. The van der Waals surface area contributed by atoms with Crippen LogP contribution in [0.15, 0.2) is 4.74 Å². The van der Waals surface area contributed by atoms with Gasteiger partial charge in [-0.3, -0.25) is 4.74 Å². The summed E-state index contributed by atoms with van der Waals surface area (Å²) in [5.74, 6) is 0. The molecule has 0 aliphatic heterocycles. The molecule has 0 N–H and O–H groups in total. The fourth-order valence-corrected chi connectivity index (χ4v) is 17.7. The van der Waals surface area contributed by atoms with Crippen molar-refractivity contribution in [2.75, 3.05) is 6.54 Å². The van der Waals surface area contributed by atoms with Gasteiger partial charge in [-0.1, -0.05) is 69.9 Å². The Morgan fingerprint density at radius 3 is 1.44 bits per heavy atom. The summed E-state index contributed by atoms with van der Waals surface area (Å²) in [6, 6.07) is 0. The van der Waals surface area contributed by atoms with Gasteiger partial charge in [0.25, 0.3) is 0 Å². The zero-order valence-electron chi connectivity index (χ0n) is 14.1. The van der Waals surface area contributed by atoms with E-state index in [0.717, 1.165) is 29.2 Å². The zero-order chi connectivity index (χ0) is 14.5. The average Bonchev–Trinajstić information content (AvgIpc) is 2.21. The lowest BCUT2D eigenvalue weighted by Crippen LogP contribution is -2.15. The largest absolute Gasteiger partial charge is 0.298 e. The van der Waals surface area contributed by atoms with Gasteiger partial charge in [0.15, 0.2) is 0 Å². The SMILES string of the molecule is CCCN=P(C(C)C)(C(C)C)P(C(C)C)C(C)C. The summed E-state index contributed by atoms with van der Waals surface area (Å²) < 4.78 is 5.36. The van der Waals surface area contributed by atoms with Crippen molar-refractivity contribution in [3.8, 4) is 0 Å². The predicted octanol–water partition coefficient (Wildman–Crippen LogP) is 6.63. The predicted molar refractivity (Wildman–Crippen MR) is 92.0 cm³/mol. The van der Waals surface area contributed by atoms with E-state index in [0.29, 0.717) is 0 Å². The molecule has 18 heavy (non-hydrogen) atoms. The zero-order valence-corrected chi connectivity index (χ0v) is 15.9. The van der Waals surface area contributed by atoms with E-state index < -0.39 is 6.74 Å². The second-order valence-corrected chi connectivity index (χ2v) is 16.2. The molecule has 0 fully saturated rings. The first kappa shape index (κ1) is 18.7. The molecule has 0 heterocycles. The second kappa shape index (κ2) is 8.06. The second-order valence-electron chi connectivity index (χ2n) is 6.32. The highest BCUT2D eigenvalue weighted by Gasteiger charge is 2.38. The Morgan fingerprint density at radius 2 is 1.22 bits per heavy atom. The molecule has 0 saturated carbocycles. The van der Waals surface area contributed by atoms with Gasteiger partial charge in [0.2, 0.25) is 0 Å². The molecule has 0 aliphatic carbocycles. The summed E-state index contributed by atoms with van der Waals surface area (Å²) >= 11 is 0. The number of rotatable bonds is 7. The Hall–Kier alpha value is 0.660. The van der Waals surface area contributed by atoms with Crippen molar-refractivity contribution in [3.63, 3.8) is 0 Å². The Kier molecular flexibility index (Phi) is 8.36. The van der Waals surface area contributed by atoms with Crippen LogP contribution < -0.4 is 0 Å². The fraction of sp³-hybridized carbons (Fsp3) is 1.00. The van der Waals surface area contributed by atoms with Gasteiger partial charge in [-0.2, -0.15) is 0 Å². The molecule has 0 saturated heterocycles. The molecule has 0 unspecified atom stereocenters. The third-order valence-corrected chi connectivity index (χ3v) is 18.2. The molecule has 3 heteroatoms. The van der Waals surface area contributed by atoms with Gasteiger partial charge in [0.1, 0.15) is 0 Å². The molecule has 0 bridgehead atoms. The highest BCUT2D eigenvalue weighted by Crippen LogP contribution is 2.85. The van der Waals surface area contributed by atoms with E-state index in [1.807, 2.05) is 0 Å². The van der Waals surface area contributed by atoms with E-state index in [2.05, 4.69) is 62.3 Å². The molecule has 0 atom stereocenters. The quantitative estimate of drug-likeness (QED) is 0.467. The number of hydrogen-bond acceptors (Lipinski definition) is 1. The minimum atomic E-state index is -1.19. The lowest BCUT2D eigenvalue weighted by molar-refractivity contribution is 0.916. The van der Waals surface area contributed by atoms with Crippen LogP contribution in [-0.4, -0.2) is 29.2 Å². The van der Waals surface area contributed by atoms with Crippen molar-refractivity contribution in [1.29, 1.82) is 0 Å². The molecule has 0 spiro atoms. The van der Waals surface area contributed by atoms with Crippen molar-refractivity contribution in [2.24, 2.45) is 4.74 Å². The van der Waals surface area contributed by atoms with E-state index in [1.165, 1.54) is 6.42 Å². The summed E-state index contributed by atoms with van der Waals surface area (Å²) in [4.78, 5) is 0. The molecule has 0 amide bonds. The summed E-state index contributed by atoms with van der Waals surface area (Å²) in [5.41, 5.74) is 3.11. The molecule has 110 valence electrons. The van der Waals surface area contributed by atoms with Crippen LogP contribution in [0.5, 0.6) is 0 Å². The van der Waals surface area contributed by atoms with Gasteiger partial charge in [-0.25, -0.2) is 0 Å². The topological polar surface area (TPSA) is 12.4 Å². The maximum atomic E-state index is 5.36. The Balaban J connectivity index is 5.82. The van der Waals surface area contributed by atoms with E-state index in [1.54, 1.807) is 0 Å². The monoisotopic (exact) mass is 291 g/mol. The first-order chi connectivity index (χ1) is 8.21. The Bertz CT molecular complexity index is 260. The molecule has 1 nitrogen and oxygen atoms in total. The molecule has 0 rings (SSSR count). The van der Waals surface area contributed by atoms with Crippen LogP contribution in [0.4, 0.5) is 0 Å². The third-order valence-electron chi connectivity index (χ3n) is 3.50. The van der Waals surface area contributed by atoms with Crippen LogP contribution in [-0.2, 0) is 0 Å². The van der Waals surface area contributed by atoms with Crippen molar-refractivity contribution in [3.05, 3.63) is 0 Å². The molecule has 0 aromatic heterocycles. The summed E-state index contributed by atoms with van der Waals surface area (Å²) in [6.07, 6.45) is 1.19. The normalized spacial score (nSPS) is 13.4. The Morgan fingerprint density at radius 1 is 0.833 bits per heavy atom. The van der Waals surface area contributed by atoms with Crippen molar-refractivity contribution >= 4 is 14.4 Å². The molecule has 0 radical (unpaired) electrons. The lowest BCUT2D eigenvalue weighted by atomic mass is 10.5. The van der Waals surface area contributed by atoms with Crippen LogP contribution >= 0.6 is 14.4 Å². The maximum Gasteiger partial charge on any atom is 0.0375 e. The van der Waals surface area contributed by atoms with Gasteiger partial charge in [-0.05, 0) is 35.8 Å². The third kappa shape index (κ3) is 4.08. The highest BCUT2D eigenvalue weighted by atomic mass is 32.1. The first-order valence-electron chi connectivity index (χ1n) is 7.57. The molecular formula is C15H35NP2. The first-order valence-corrected chi connectivity index (χ1v) is 11.6. The van der Waals surface area contributed by atoms with Gasteiger partial charge >= 0.3 is 0 Å². The maximum absolute atomic E-state index is 5.36. The standard InChI is InChI=1S/C15H35NP2/c1-10-11-16-18(14(6)7,15(8)9)17(12(2)3)13(4)5/h12-15H,10-11H2,1-9H3. The summed E-state index contributed by atoms with van der Waals surface area (Å²) in [5, 5.41) is 0. The van der Waals surface area contributed by atoms with Crippen LogP contribution in [0.1, 0.15) is 68.7 Å². The average molecular weight is 291 g/mol. The van der Waals surface area contributed by atoms with E-state index in [9.17, 15) is 0 Å². The van der Waals surface area contributed by atoms with Gasteiger partial charge in [0, 0.05) is 6.54 Å². The van der Waals surface area contributed by atoms with Crippen LogP contribution in [0.2, 0.25) is 0 Å². The number of hydrogen-bond donors (Lipinski definition) is 0. The van der Waals surface area contributed by atoms with Crippen LogP contribution in [0.25, 0.3) is 0 Å². The Labute approximate surface area is 117 Å². The van der Waals surface area contributed by atoms with Crippen molar-refractivity contribution in [2.45, 2.75) is 91.4 Å². The highest BCUT2D eigenvalue weighted by molar-refractivity contribution is 8.35. The van der Waals surface area contributed by atoms with Crippen molar-refractivity contribution < 1.29 is 0 Å². The lowest BCUT2D eigenvalue weighted by Gasteiger charge is -2.44. The minimum Gasteiger partial charge on any atom is -0.298 e. The summed E-state index contributed by atoms with van der Waals surface area (Å²) in [6.45, 7) is 21.5. The van der Waals surface area contributed by atoms with Gasteiger partial charge < -0.3 is 0 Å². The van der Waals surface area contributed by atoms with E-state index in [4.69, 9.17) is 4.74 Å².